The molecule has 2 N–H and O–H groups in total. The van der Waals surface area contributed by atoms with Gasteiger partial charge in [0.15, 0.2) is 0 Å². The summed E-state index contributed by atoms with van der Waals surface area (Å²) in [6.45, 7) is 0.317. The number of para-hydroxylation sites is 1. The molecule has 0 heterocycles. The largest absolute Gasteiger partial charge is 0.352 e. The van der Waals surface area contributed by atoms with Crippen molar-refractivity contribution in [3.05, 3.63) is 64.1 Å². The van der Waals surface area contributed by atoms with Crippen LogP contribution in [0.1, 0.15) is 24.0 Å². The molecule has 0 spiro atoms. The van der Waals surface area contributed by atoms with E-state index in [-0.39, 0.29) is 18.2 Å². The average molecular weight is 400 g/mol. The topological polar surface area (TPSA) is 82.0 Å². The van der Waals surface area contributed by atoms with E-state index in [1.165, 1.54) is 0 Å². The first-order valence-corrected chi connectivity index (χ1v) is 8.64. The van der Waals surface area contributed by atoms with Crippen molar-refractivity contribution in [2.75, 3.05) is 5.32 Å². The average Bonchev–Trinajstić information content (AvgIpc) is 2.60. The zero-order chi connectivity index (χ0) is 18.1. The van der Waals surface area contributed by atoms with Crippen LogP contribution in [-0.4, -0.2) is 11.8 Å². The Hall–Kier alpha value is -2.65. The molecule has 0 unspecified atom stereocenters. The van der Waals surface area contributed by atoms with Crippen LogP contribution in [0.2, 0.25) is 0 Å². The van der Waals surface area contributed by atoms with Gasteiger partial charge in [-0.2, -0.15) is 5.26 Å². The summed E-state index contributed by atoms with van der Waals surface area (Å²) in [5.74, 6) is -0.427. The van der Waals surface area contributed by atoms with Gasteiger partial charge in [0.1, 0.15) is 6.42 Å². The highest BCUT2D eigenvalue weighted by molar-refractivity contribution is 9.10. The van der Waals surface area contributed by atoms with Crippen LogP contribution in [0.15, 0.2) is 53.0 Å². The summed E-state index contributed by atoms with van der Waals surface area (Å²) >= 11 is 3.47. The fourth-order valence-corrected chi connectivity index (χ4v) is 2.78. The van der Waals surface area contributed by atoms with Gasteiger partial charge in [0, 0.05) is 23.1 Å². The molecule has 128 valence electrons. The van der Waals surface area contributed by atoms with E-state index in [9.17, 15) is 9.59 Å². The molecule has 0 aliphatic carbocycles. The van der Waals surface area contributed by atoms with E-state index < -0.39 is 0 Å². The summed E-state index contributed by atoms with van der Waals surface area (Å²) in [6, 6.07) is 16.8. The van der Waals surface area contributed by atoms with Gasteiger partial charge in [0.25, 0.3) is 0 Å². The third-order valence-corrected chi connectivity index (χ3v) is 4.36. The predicted molar refractivity (Wildman–Crippen MR) is 99.6 cm³/mol. The van der Waals surface area contributed by atoms with Crippen LogP contribution in [-0.2, 0) is 22.6 Å². The number of nitriles is 1. The Morgan fingerprint density at radius 1 is 1.00 bits per heavy atom. The normalized spacial score (nSPS) is 9.92. The minimum absolute atomic E-state index is 0.0612. The molecule has 2 amide bonds. The summed E-state index contributed by atoms with van der Waals surface area (Å²) in [5.41, 5.74) is 2.48. The molecule has 6 heteroatoms. The second kappa shape index (κ2) is 9.60. The predicted octanol–water partition coefficient (Wildman–Crippen LogP) is 3.55. The fourth-order valence-electron chi connectivity index (χ4n) is 2.29. The van der Waals surface area contributed by atoms with E-state index in [0.29, 0.717) is 25.1 Å². The van der Waals surface area contributed by atoms with E-state index in [0.717, 1.165) is 15.6 Å². The number of rotatable bonds is 7. The number of anilines is 1. The SMILES string of the molecule is N#CCC(=O)Nc1ccccc1CNC(=O)CCc1ccccc1Br. The summed E-state index contributed by atoms with van der Waals surface area (Å²) < 4.78 is 0.994. The summed E-state index contributed by atoms with van der Waals surface area (Å²) in [6.07, 6.45) is 0.825. The van der Waals surface area contributed by atoms with Gasteiger partial charge in [0.05, 0.1) is 6.07 Å². The van der Waals surface area contributed by atoms with Crippen LogP contribution in [0.3, 0.4) is 0 Å². The van der Waals surface area contributed by atoms with Gasteiger partial charge in [-0.25, -0.2) is 0 Å². The molecule has 0 radical (unpaired) electrons. The second-order valence-corrected chi connectivity index (χ2v) is 6.26. The smallest absolute Gasteiger partial charge is 0.238 e. The molecule has 0 saturated carbocycles. The number of hydrogen-bond donors (Lipinski definition) is 2. The summed E-state index contributed by atoms with van der Waals surface area (Å²) in [7, 11) is 0. The lowest BCUT2D eigenvalue weighted by Gasteiger charge is -2.11. The second-order valence-electron chi connectivity index (χ2n) is 5.41. The molecule has 2 rings (SSSR count). The summed E-state index contributed by atoms with van der Waals surface area (Å²) in [5, 5.41) is 14.1. The molecule has 2 aromatic rings. The maximum atomic E-state index is 12.1. The minimum atomic E-state index is -0.366. The Morgan fingerprint density at radius 2 is 1.68 bits per heavy atom. The summed E-state index contributed by atoms with van der Waals surface area (Å²) in [4.78, 5) is 23.6. The molecular formula is C19H18BrN3O2. The van der Waals surface area contributed by atoms with Crippen molar-refractivity contribution in [2.45, 2.75) is 25.8 Å². The third-order valence-electron chi connectivity index (χ3n) is 3.59. The molecule has 5 nitrogen and oxygen atoms in total. The van der Waals surface area contributed by atoms with Crippen molar-refractivity contribution in [2.24, 2.45) is 0 Å². The number of halogens is 1. The van der Waals surface area contributed by atoms with Crippen molar-refractivity contribution in [1.29, 1.82) is 5.26 Å². The maximum Gasteiger partial charge on any atom is 0.238 e. The number of benzene rings is 2. The Kier molecular flexibility index (Phi) is 7.17. The molecular weight excluding hydrogens is 382 g/mol. The van der Waals surface area contributed by atoms with Crippen LogP contribution in [0, 0.1) is 11.3 Å². The molecule has 0 aliphatic rings. The van der Waals surface area contributed by atoms with Crippen molar-refractivity contribution >= 4 is 33.4 Å². The van der Waals surface area contributed by atoms with Gasteiger partial charge in [-0.15, -0.1) is 0 Å². The number of amides is 2. The number of carbonyl (C=O) groups is 2. The van der Waals surface area contributed by atoms with Gasteiger partial charge >= 0.3 is 0 Å². The molecule has 25 heavy (non-hydrogen) atoms. The molecule has 0 saturated heterocycles. The highest BCUT2D eigenvalue weighted by atomic mass is 79.9. The Labute approximate surface area is 155 Å². The number of carbonyl (C=O) groups excluding carboxylic acids is 2. The highest BCUT2D eigenvalue weighted by Crippen LogP contribution is 2.18. The number of nitrogens with zero attached hydrogens (tertiary/aromatic N) is 1. The lowest BCUT2D eigenvalue weighted by atomic mass is 10.1. The fraction of sp³-hybridized carbons (Fsp3) is 0.211. The first-order valence-electron chi connectivity index (χ1n) is 7.85. The molecule has 2 aromatic carbocycles. The van der Waals surface area contributed by atoms with Crippen LogP contribution in [0.5, 0.6) is 0 Å². The first kappa shape index (κ1) is 18.7. The zero-order valence-corrected chi connectivity index (χ0v) is 15.2. The first-order chi connectivity index (χ1) is 12.1. The van der Waals surface area contributed by atoms with E-state index in [1.54, 1.807) is 12.1 Å². The van der Waals surface area contributed by atoms with E-state index in [2.05, 4.69) is 26.6 Å². The highest BCUT2D eigenvalue weighted by Gasteiger charge is 2.08. The molecule has 0 fully saturated rings. The number of nitrogens with one attached hydrogen (secondary N) is 2. The monoisotopic (exact) mass is 399 g/mol. The van der Waals surface area contributed by atoms with Gasteiger partial charge in [-0.05, 0) is 29.7 Å². The lowest BCUT2D eigenvalue weighted by Crippen LogP contribution is -2.24. The van der Waals surface area contributed by atoms with Crippen LogP contribution in [0.25, 0.3) is 0 Å². The van der Waals surface area contributed by atoms with Crippen LogP contribution >= 0.6 is 15.9 Å². The van der Waals surface area contributed by atoms with E-state index in [4.69, 9.17) is 5.26 Å². The molecule has 0 atom stereocenters. The molecule has 0 aromatic heterocycles. The van der Waals surface area contributed by atoms with Gasteiger partial charge < -0.3 is 10.6 Å². The van der Waals surface area contributed by atoms with E-state index >= 15 is 0 Å². The van der Waals surface area contributed by atoms with Crippen LogP contribution in [0.4, 0.5) is 5.69 Å². The van der Waals surface area contributed by atoms with Crippen molar-refractivity contribution < 1.29 is 9.59 Å². The van der Waals surface area contributed by atoms with Crippen molar-refractivity contribution in [3.8, 4) is 6.07 Å². The Morgan fingerprint density at radius 3 is 2.40 bits per heavy atom. The number of aryl methyl sites for hydroxylation is 1. The van der Waals surface area contributed by atoms with Crippen LogP contribution < -0.4 is 10.6 Å². The zero-order valence-electron chi connectivity index (χ0n) is 13.6. The van der Waals surface area contributed by atoms with Crippen molar-refractivity contribution in [3.63, 3.8) is 0 Å². The minimum Gasteiger partial charge on any atom is -0.352 e. The third kappa shape index (κ3) is 6.05. The van der Waals surface area contributed by atoms with Gasteiger partial charge in [-0.3, -0.25) is 9.59 Å². The molecule has 0 aliphatic heterocycles. The molecule has 0 bridgehead atoms. The van der Waals surface area contributed by atoms with Crippen molar-refractivity contribution in [1.82, 2.24) is 5.32 Å². The van der Waals surface area contributed by atoms with Gasteiger partial charge in [-0.1, -0.05) is 52.3 Å². The lowest BCUT2D eigenvalue weighted by molar-refractivity contribution is -0.121. The quantitative estimate of drug-likeness (QED) is 0.746. The Bertz CT molecular complexity index is 799. The van der Waals surface area contributed by atoms with Gasteiger partial charge in [0.2, 0.25) is 11.8 Å². The van der Waals surface area contributed by atoms with E-state index in [1.807, 2.05) is 42.5 Å². The Balaban J connectivity index is 1.88. The maximum absolute atomic E-state index is 12.1. The standard InChI is InChI=1S/C19H18BrN3O2/c20-16-7-3-1-5-14(16)9-10-18(24)22-13-15-6-2-4-8-17(15)23-19(25)11-12-21/h1-8H,9-11,13H2,(H,22,24)(H,23,25). The number of hydrogen-bond acceptors (Lipinski definition) is 3.